The number of nitrogen functional groups attached to an aromatic ring is 1. The van der Waals surface area contributed by atoms with Crippen LogP contribution < -0.4 is 16.4 Å². The number of hydrogen-bond acceptors (Lipinski definition) is 9. The second kappa shape index (κ2) is 11.8. The molecule has 10 heteroatoms. The molecule has 0 aliphatic carbocycles. The molecular formula is C24H30N4O5S. The minimum Gasteiger partial charge on any atom is -0.487 e. The third-order valence-electron chi connectivity index (χ3n) is 5.46. The molecule has 1 aliphatic rings. The van der Waals surface area contributed by atoms with Gasteiger partial charge in [0.25, 0.3) is 5.91 Å². The number of rotatable bonds is 9. The van der Waals surface area contributed by atoms with Gasteiger partial charge in [-0.1, -0.05) is 0 Å². The summed E-state index contributed by atoms with van der Waals surface area (Å²) < 4.78 is 10.1. The number of amides is 1. The minimum atomic E-state index is -0.495. The SMILES string of the molecule is CCOC(=C=O)CC1CN(Cc2ccsc2C(=O)Nc2ccc(C(=O)OC)cc2N)CC(C)N1. The van der Waals surface area contributed by atoms with Gasteiger partial charge < -0.3 is 25.8 Å². The Kier molecular flexibility index (Phi) is 8.84. The lowest BCUT2D eigenvalue weighted by atomic mass is 10.1. The Hall–Kier alpha value is -3.17. The van der Waals surface area contributed by atoms with Crippen molar-refractivity contribution in [1.82, 2.24) is 10.2 Å². The van der Waals surface area contributed by atoms with E-state index in [0.717, 1.165) is 12.1 Å². The molecule has 1 aromatic heterocycles. The highest BCUT2D eigenvalue weighted by Gasteiger charge is 2.27. The van der Waals surface area contributed by atoms with Crippen LogP contribution in [0.3, 0.4) is 0 Å². The van der Waals surface area contributed by atoms with Crippen LogP contribution in [0.5, 0.6) is 0 Å². The van der Waals surface area contributed by atoms with E-state index >= 15 is 0 Å². The highest BCUT2D eigenvalue weighted by Crippen LogP contribution is 2.25. The van der Waals surface area contributed by atoms with Gasteiger partial charge in [-0.3, -0.25) is 9.69 Å². The molecule has 2 atom stereocenters. The van der Waals surface area contributed by atoms with Crippen LogP contribution in [0, 0.1) is 0 Å². The first kappa shape index (κ1) is 25.5. The maximum absolute atomic E-state index is 13.0. The molecule has 1 aromatic carbocycles. The fourth-order valence-corrected chi connectivity index (χ4v) is 4.87. The molecule has 1 saturated heterocycles. The fraction of sp³-hybridized carbons (Fsp3) is 0.417. The summed E-state index contributed by atoms with van der Waals surface area (Å²) in [6.07, 6.45) is 0.468. The van der Waals surface area contributed by atoms with Gasteiger partial charge in [-0.2, -0.15) is 0 Å². The zero-order valence-corrected chi connectivity index (χ0v) is 20.4. The highest BCUT2D eigenvalue weighted by atomic mass is 32.1. The van der Waals surface area contributed by atoms with Crippen LogP contribution in [-0.4, -0.2) is 61.6 Å². The molecule has 2 unspecified atom stereocenters. The Labute approximate surface area is 202 Å². The number of nitrogens with two attached hydrogens (primary N) is 1. The van der Waals surface area contributed by atoms with Crippen molar-refractivity contribution in [2.75, 3.05) is 37.9 Å². The normalized spacial score (nSPS) is 18.1. The smallest absolute Gasteiger partial charge is 0.337 e. The first-order valence-electron chi connectivity index (χ1n) is 11.0. The van der Waals surface area contributed by atoms with Gasteiger partial charge in [-0.25, -0.2) is 9.59 Å². The maximum Gasteiger partial charge on any atom is 0.337 e. The molecule has 0 spiro atoms. The molecule has 2 heterocycles. The summed E-state index contributed by atoms with van der Waals surface area (Å²) in [5, 5.41) is 8.23. The topological polar surface area (TPSA) is 123 Å². The first-order valence-corrected chi connectivity index (χ1v) is 11.9. The van der Waals surface area contributed by atoms with E-state index in [-0.39, 0.29) is 23.7 Å². The molecule has 0 radical (unpaired) electrons. The lowest BCUT2D eigenvalue weighted by Gasteiger charge is -2.37. The van der Waals surface area contributed by atoms with E-state index in [4.69, 9.17) is 15.2 Å². The highest BCUT2D eigenvalue weighted by molar-refractivity contribution is 7.12. The van der Waals surface area contributed by atoms with Crippen LogP contribution in [-0.2, 0) is 20.8 Å². The van der Waals surface area contributed by atoms with Gasteiger partial charge >= 0.3 is 5.97 Å². The largest absolute Gasteiger partial charge is 0.487 e. The average molecular weight is 487 g/mol. The average Bonchev–Trinajstić information content (AvgIpc) is 3.27. The number of ether oxygens (including phenoxy) is 2. The molecule has 1 amide bonds. The van der Waals surface area contributed by atoms with Crippen molar-refractivity contribution in [3.63, 3.8) is 0 Å². The minimum absolute atomic E-state index is 0.0517. The van der Waals surface area contributed by atoms with Crippen LogP contribution in [0.1, 0.15) is 45.9 Å². The monoisotopic (exact) mass is 486 g/mol. The van der Waals surface area contributed by atoms with Crippen molar-refractivity contribution in [1.29, 1.82) is 0 Å². The van der Waals surface area contributed by atoms with Crippen molar-refractivity contribution in [3.05, 3.63) is 51.4 Å². The molecule has 3 rings (SSSR count). The van der Waals surface area contributed by atoms with E-state index in [0.29, 0.717) is 48.0 Å². The molecular weight excluding hydrogens is 456 g/mol. The van der Waals surface area contributed by atoms with Crippen molar-refractivity contribution < 1.29 is 23.9 Å². The van der Waals surface area contributed by atoms with Gasteiger partial charge in [0.1, 0.15) is 0 Å². The van der Waals surface area contributed by atoms with Gasteiger partial charge in [0, 0.05) is 38.1 Å². The van der Waals surface area contributed by atoms with E-state index in [1.165, 1.54) is 24.5 Å². The third-order valence-corrected chi connectivity index (χ3v) is 6.42. The van der Waals surface area contributed by atoms with Crippen LogP contribution >= 0.6 is 11.3 Å². The number of piperazine rings is 1. The number of esters is 1. The van der Waals surface area contributed by atoms with Gasteiger partial charge in [0.15, 0.2) is 11.7 Å². The lowest BCUT2D eigenvalue weighted by Crippen LogP contribution is -2.55. The van der Waals surface area contributed by atoms with Crippen molar-refractivity contribution in [2.24, 2.45) is 0 Å². The molecule has 0 saturated carbocycles. The Bertz CT molecular complexity index is 1080. The zero-order valence-electron chi connectivity index (χ0n) is 19.6. The molecule has 2 aromatic rings. The van der Waals surface area contributed by atoms with Gasteiger partial charge in [-0.15, -0.1) is 11.3 Å². The predicted molar refractivity (Wildman–Crippen MR) is 132 cm³/mol. The molecule has 182 valence electrons. The quantitative estimate of drug-likeness (QED) is 0.214. The summed E-state index contributed by atoms with van der Waals surface area (Å²) in [5.74, 6) is 1.45. The lowest BCUT2D eigenvalue weighted by molar-refractivity contribution is 0.0600. The summed E-state index contributed by atoms with van der Waals surface area (Å²) >= 11 is 1.36. The van der Waals surface area contributed by atoms with E-state index in [9.17, 15) is 14.4 Å². The number of benzene rings is 1. The third kappa shape index (κ3) is 6.45. The van der Waals surface area contributed by atoms with E-state index in [2.05, 4.69) is 22.5 Å². The van der Waals surface area contributed by atoms with Gasteiger partial charge in [-0.05, 0) is 49.1 Å². The van der Waals surface area contributed by atoms with Crippen molar-refractivity contribution in [2.45, 2.75) is 38.9 Å². The molecule has 4 N–H and O–H groups in total. The Morgan fingerprint density at radius 2 is 2.12 bits per heavy atom. The summed E-state index contributed by atoms with van der Waals surface area (Å²) in [4.78, 5) is 38.7. The summed E-state index contributed by atoms with van der Waals surface area (Å²) in [6, 6.07) is 6.84. The second-order valence-corrected chi connectivity index (χ2v) is 9.06. The Morgan fingerprint density at radius 3 is 2.79 bits per heavy atom. The maximum atomic E-state index is 13.0. The van der Waals surface area contributed by atoms with Gasteiger partial charge in [0.05, 0.1) is 35.5 Å². The Balaban J connectivity index is 1.67. The number of nitrogens with zero attached hydrogens (tertiary/aromatic N) is 1. The van der Waals surface area contributed by atoms with Crippen LogP contribution in [0.2, 0.25) is 0 Å². The van der Waals surface area contributed by atoms with E-state index < -0.39 is 5.97 Å². The van der Waals surface area contributed by atoms with Gasteiger partial charge in [0.2, 0.25) is 0 Å². The fourth-order valence-electron chi connectivity index (χ4n) is 4.06. The Morgan fingerprint density at radius 1 is 1.32 bits per heavy atom. The second-order valence-electron chi connectivity index (χ2n) is 8.14. The van der Waals surface area contributed by atoms with Crippen molar-refractivity contribution in [3.8, 4) is 0 Å². The zero-order chi connectivity index (χ0) is 24.7. The first-order chi connectivity index (χ1) is 16.3. The van der Waals surface area contributed by atoms with Crippen LogP contribution in [0.15, 0.2) is 35.4 Å². The summed E-state index contributed by atoms with van der Waals surface area (Å²) in [6.45, 7) is 6.47. The molecule has 34 heavy (non-hydrogen) atoms. The standard InChI is InChI=1S/C24H30N4O5S/c1-4-33-19(14-29)10-18-13-28(11-15(2)26-18)12-17-7-8-34-22(17)23(30)27-21-6-5-16(9-20(21)25)24(31)32-3/h5-9,15,18,26H,4,10-13,25H2,1-3H3,(H,27,30). The molecule has 1 fully saturated rings. The van der Waals surface area contributed by atoms with Crippen LogP contribution in [0.4, 0.5) is 11.4 Å². The number of hydrogen-bond donors (Lipinski definition) is 3. The van der Waals surface area contributed by atoms with E-state index in [1.54, 1.807) is 12.1 Å². The van der Waals surface area contributed by atoms with Crippen LogP contribution in [0.25, 0.3) is 0 Å². The van der Waals surface area contributed by atoms with Crippen molar-refractivity contribution >= 4 is 40.5 Å². The molecule has 0 bridgehead atoms. The molecule has 1 aliphatic heterocycles. The number of methoxy groups -OCH3 is 1. The molecule has 9 nitrogen and oxygen atoms in total. The summed E-state index contributed by atoms with van der Waals surface area (Å²) in [7, 11) is 1.30. The number of anilines is 2. The number of carbonyl (C=O) groups is 2. The summed E-state index contributed by atoms with van der Waals surface area (Å²) in [5.41, 5.74) is 7.97. The number of carbonyl (C=O) groups excluding carboxylic acids is 3. The number of thiophene rings is 1. The van der Waals surface area contributed by atoms with E-state index in [1.807, 2.05) is 24.3 Å². The number of nitrogens with one attached hydrogen (secondary N) is 2. The predicted octanol–water partition coefficient (Wildman–Crippen LogP) is 2.67.